The van der Waals surface area contributed by atoms with Gasteiger partial charge < -0.3 is 5.32 Å². The van der Waals surface area contributed by atoms with Gasteiger partial charge in [0.1, 0.15) is 4.90 Å². The molecule has 7 heteroatoms. The molecule has 118 valence electrons. The Labute approximate surface area is 126 Å². The fourth-order valence-electron chi connectivity index (χ4n) is 2.49. The highest BCUT2D eigenvalue weighted by molar-refractivity contribution is 7.89. The highest BCUT2D eigenvalue weighted by atomic mass is 32.2. The van der Waals surface area contributed by atoms with Gasteiger partial charge in [-0.2, -0.15) is 0 Å². The Morgan fingerprint density at radius 1 is 1.19 bits per heavy atom. The molecule has 1 saturated carbocycles. The average Bonchev–Trinajstić information content (AvgIpc) is 2.52. The molecule has 2 N–H and O–H groups in total. The number of nitrogens with one attached hydrogen (secondary N) is 2. The molecule has 2 rings (SSSR count). The summed E-state index contributed by atoms with van der Waals surface area (Å²) < 4.78 is 27.1. The summed E-state index contributed by atoms with van der Waals surface area (Å²) in [6.07, 6.45) is 9.57. The molecule has 0 atom stereocenters. The minimum atomic E-state index is -3.50. The van der Waals surface area contributed by atoms with E-state index in [1.54, 1.807) is 0 Å². The Morgan fingerprint density at radius 3 is 2.48 bits per heavy atom. The summed E-state index contributed by atoms with van der Waals surface area (Å²) in [5.41, 5.74) is 0. The Hall–Kier alpha value is -1.21. The predicted molar refractivity (Wildman–Crippen MR) is 82.6 cm³/mol. The van der Waals surface area contributed by atoms with Crippen molar-refractivity contribution >= 4 is 16.0 Å². The highest BCUT2D eigenvalue weighted by Crippen LogP contribution is 2.23. The molecule has 0 aromatic carbocycles. The number of hydrogen-bond acceptors (Lipinski definition) is 5. The predicted octanol–water partition coefficient (Wildman–Crippen LogP) is 2.16. The van der Waals surface area contributed by atoms with E-state index in [1.165, 1.54) is 31.7 Å². The summed E-state index contributed by atoms with van der Waals surface area (Å²) in [7, 11) is -3.50. The maximum atomic E-state index is 12.2. The van der Waals surface area contributed by atoms with E-state index in [0.717, 1.165) is 25.8 Å². The number of aromatic nitrogens is 2. The Bertz CT molecular complexity index is 524. The Balaban J connectivity index is 1.91. The summed E-state index contributed by atoms with van der Waals surface area (Å²) in [4.78, 5) is 8.20. The second-order valence-electron chi connectivity index (χ2n) is 5.53. The maximum Gasteiger partial charge on any atom is 0.243 e. The Kier molecular flexibility index (Phi) is 5.93. The van der Waals surface area contributed by atoms with Gasteiger partial charge in [-0.3, -0.25) is 0 Å². The molecule has 0 aliphatic heterocycles. The third-order valence-electron chi connectivity index (χ3n) is 3.76. The highest BCUT2D eigenvalue weighted by Gasteiger charge is 2.19. The van der Waals surface area contributed by atoms with E-state index in [9.17, 15) is 8.42 Å². The summed E-state index contributed by atoms with van der Waals surface area (Å²) in [6.45, 7) is 3.32. The molecule has 1 fully saturated rings. The van der Waals surface area contributed by atoms with Crippen molar-refractivity contribution in [3.63, 3.8) is 0 Å². The van der Waals surface area contributed by atoms with Crippen molar-refractivity contribution in [1.29, 1.82) is 0 Å². The molecule has 0 radical (unpaired) electrons. The fourth-order valence-corrected chi connectivity index (χ4v) is 3.49. The molecule has 1 aliphatic rings. The third-order valence-corrected chi connectivity index (χ3v) is 5.14. The first-order valence-corrected chi connectivity index (χ1v) is 9.15. The van der Waals surface area contributed by atoms with Gasteiger partial charge in [-0.1, -0.05) is 26.2 Å². The molecular formula is C14H24N4O2S. The number of sulfonamides is 1. The minimum absolute atomic E-state index is 0.125. The van der Waals surface area contributed by atoms with Gasteiger partial charge in [0.15, 0.2) is 0 Å². The van der Waals surface area contributed by atoms with Crippen molar-refractivity contribution in [2.45, 2.75) is 50.3 Å². The van der Waals surface area contributed by atoms with Crippen molar-refractivity contribution in [2.75, 3.05) is 18.4 Å². The third kappa shape index (κ3) is 4.93. The lowest BCUT2D eigenvalue weighted by molar-refractivity contribution is 0.357. The smallest absolute Gasteiger partial charge is 0.243 e. The average molecular weight is 312 g/mol. The zero-order valence-corrected chi connectivity index (χ0v) is 13.3. The zero-order chi connectivity index (χ0) is 15.1. The molecule has 6 nitrogen and oxygen atoms in total. The number of anilines is 1. The van der Waals surface area contributed by atoms with E-state index in [1.807, 2.05) is 6.92 Å². The van der Waals surface area contributed by atoms with Crippen molar-refractivity contribution in [1.82, 2.24) is 14.7 Å². The van der Waals surface area contributed by atoms with Gasteiger partial charge >= 0.3 is 0 Å². The van der Waals surface area contributed by atoms with Crippen LogP contribution in [-0.4, -0.2) is 31.5 Å². The van der Waals surface area contributed by atoms with Crippen molar-refractivity contribution in [3.8, 4) is 0 Å². The van der Waals surface area contributed by atoms with Crippen molar-refractivity contribution in [2.24, 2.45) is 5.92 Å². The van der Waals surface area contributed by atoms with Crippen LogP contribution in [0.4, 0.5) is 5.95 Å². The molecule has 1 aliphatic carbocycles. The van der Waals surface area contributed by atoms with Crippen LogP contribution in [0.25, 0.3) is 0 Å². The number of hydrogen-bond donors (Lipinski definition) is 2. The summed E-state index contributed by atoms with van der Waals surface area (Å²) in [5, 5.41) is 3.02. The molecular weight excluding hydrogens is 288 g/mol. The topological polar surface area (TPSA) is 84.0 Å². The first kappa shape index (κ1) is 16.2. The van der Waals surface area contributed by atoms with Gasteiger partial charge in [-0.05, 0) is 25.2 Å². The quantitative estimate of drug-likeness (QED) is 0.806. The minimum Gasteiger partial charge on any atom is -0.354 e. The van der Waals surface area contributed by atoms with Crippen LogP contribution in [0.2, 0.25) is 0 Å². The van der Waals surface area contributed by atoms with Crippen LogP contribution in [0.3, 0.4) is 0 Å². The molecule has 1 aromatic rings. The van der Waals surface area contributed by atoms with Gasteiger partial charge in [0.2, 0.25) is 16.0 Å². The van der Waals surface area contributed by atoms with Crippen LogP contribution < -0.4 is 10.0 Å². The maximum absolute atomic E-state index is 12.2. The number of rotatable bonds is 7. The standard InChI is InChI=1S/C14H24N4O2S/c1-2-8-15-14-16-10-13(11-17-14)21(19,20)18-9-12-6-4-3-5-7-12/h10-12,18H,2-9H2,1H3,(H,15,16,17). The van der Waals surface area contributed by atoms with E-state index in [-0.39, 0.29) is 4.90 Å². The lowest BCUT2D eigenvalue weighted by Crippen LogP contribution is -2.30. The van der Waals surface area contributed by atoms with E-state index in [2.05, 4.69) is 20.0 Å². The van der Waals surface area contributed by atoms with Crippen LogP contribution in [0.5, 0.6) is 0 Å². The summed E-state index contributed by atoms with van der Waals surface area (Å²) in [6, 6.07) is 0. The van der Waals surface area contributed by atoms with Crippen LogP contribution >= 0.6 is 0 Å². The molecule has 21 heavy (non-hydrogen) atoms. The van der Waals surface area contributed by atoms with E-state index in [4.69, 9.17) is 0 Å². The first-order chi connectivity index (χ1) is 10.1. The van der Waals surface area contributed by atoms with Crippen LogP contribution in [0.15, 0.2) is 17.3 Å². The largest absolute Gasteiger partial charge is 0.354 e. The van der Waals surface area contributed by atoms with E-state index >= 15 is 0 Å². The van der Waals surface area contributed by atoms with Gasteiger partial charge in [0.25, 0.3) is 0 Å². The lowest BCUT2D eigenvalue weighted by atomic mass is 9.90. The second kappa shape index (κ2) is 7.70. The number of nitrogens with zero attached hydrogens (tertiary/aromatic N) is 2. The molecule has 0 bridgehead atoms. The van der Waals surface area contributed by atoms with Gasteiger partial charge in [-0.25, -0.2) is 23.1 Å². The van der Waals surface area contributed by atoms with E-state index in [0.29, 0.717) is 18.4 Å². The Morgan fingerprint density at radius 2 is 1.86 bits per heavy atom. The van der Waals surface area contributed by atoms with Crippen LogP contribution in [0.1, 0.15) is 45.4 Å². The fraction of sp³-hybridized carbons (Fsp3) is 0.714. The second-order valence-corrected chi connectivity index (χ2v) is 7.29. The van der Waals surface area contributed by atoms with E-state index < -0.39 is 10.0 Å². The summed E-state index contributed by atoms with van der Waals surface area (Å²) >= 11 is 0. The molecule has 1 heterocycles. The van der Waals surface area contributed by atoms with Gasteiger partial charge in [0.05, 0.1) is 12.4 Å². The summed E-state index contributed by atoms with van der Waals surface area (Å²) in [5.74, 6) is 0.919. The molecule has 0 spiro atoms. The van der Waals surface area contributed by atoms with Crippen LogP contribution in [0, 0.1) is 5.92 Å². The van der Waals surface area contributed by atoms with Gasteiger partial charge in [-0.15, -0.1) is 0 Å². The first-order valence-electron chi connectivity index (χ1n) is 7.67. The molecule has 0 saturated heterocycles. The van der Waals surface area contributed by atoms with Crippen molar-refractivity contribution in [3.05, 3.63) is 12.4 Å². The van der Waals surface area contributed by atoms with Gasteiger partial charge in [0, 0.05) is 13.1 Å². The molecule has 1 aromatic heterocycles. The normalized spacial score (nSPS) is 16.8. The monoisotopic (exact) mass is 312 g/mol. The SMILES string of the molecule is CCCNc1ncc(S(=O)(=O)NCC2CCCCC2)cn1. The molecule has 0 amide bonds. The molecule has 0 unspecified atom stereocenters. The zero-order valence-electron chi connectivity index (χ0n) is 12.5. The van der Waals surface area contributed by atoms with Crippen molar-refractivity contribution < 1.29 is 8.42 Å². The van der Waals surface area contributed by atoms with Crippen LogP contribution in [-0.2, 0) is 10.0 Å². The lowest BCUT2D eigenvalue weighted by Gasteiger charge is -2.21.